The van der Waals surface area contributed by atoms with Crippen LogP contribution in [-0.4, -0.2) is 37.5 Å². The molecule has 0 aliphatic carbocycles. The van der Waals surface area contributed by atoms with Gasteiger partial charge in [0.1, 0.15) is 6.10 Å². The zero-order valence-corrected chi connectivity index (χ0v) is 17.2. The average molecular weight is 419 g/mol. The number of fused-ring (bicyclic) bond motifs is 2. The van der Waals surface area contributed by atoms with Gasteiger partial charge < -0.3 is 10.1 Å². The third-order valence-electron chi connectivity index (χ3n) is 4.93. The second-order valence-electron chi connectivity index (χ2n) is 6.93. The molecule has 0 aromatic heterocycles. The third kappa shape index (κ3) is 4.04. The molecule has 2 aromatic rings. The maximum Gasteiger partial charge on any atom is 0.307 e. The summed E-state index contributed by atoms with van der Waals surface area (Å²) in [7, 11) is -3.18. The van der Waals surface area contributed by atoms with Gasteiger partial charge in [-0.25, -0.2) is 12.7 Å². The highest BCUT2D eigenvalue weighted by atomic mass is 32.2. The summed E-state index contributed by atoms with van der Waals surface area (Å²) in [5, 5.41) is 3.43. The Morgan fingerprint density at radius 2 is 2.00 bits per heavy atom. The van der Waals surface area contributed by atoms with Gasteiger partial charge in [-0.1, -0.05) is 30.0 Å². The molecule has 0 spiro atoms. The number of para-hydroxylation sites is 1. The summed E-state index contributed by atoms with van der Waals surface area (Å²) in [6.45, 7) is 2.50. The van der Waals surface area contributed by atoms with E-state index in [-0.39, 0.29) is 24.7 Å². The van der Waals surface area contributed by atoms with E-state index in [4.69, 9.17) is 4.74 Å². The van der Waals surface area contributed by atoms with E-state index in [0.29, 0.717) is 13.0 Å². The molecule has 1 N–H and O–H groups in total. The first kappa shape index (κ1) is 19.3. The van der Waals surface area contributed by atoms with Crippen LogP contribution < -0.4 is 5.32 Å². The van der Waals surface area contributed by atoms with Gasteiger partial charge in [-0.05, 0) is 43.2 Å². The minimum absolute atomic E-state index is 0.0655. The number of anilines is 2. The van der Waals surface area contributed by atoms with Gasteiger partial charge in [0, 0.05) is 22.9 Å². The Balaban J connectivity index is 1.38. The van der Waals surface area contributed by atoms with Gasteiger partial charge in [-0.15, -0.1) is 0 Å². The predicted molar refractivity (Wildman–Crippen MR) is 109 cm³/mol. The zero-order valence-electron chi connectivity index (χ0n) is 15.6. The molecule has 1 fully saturated rings. The normalized spacial score (nSPS) is 18.6. The van der Waals surface area contributed by atoms with Crippen LogP contribution in [0.3, 0.4) is 0 Å². The van der Waals surface area contributed by atoms with Crippen LogP contribution in [0.25, 0.3) is 0 Å². The van der Waals surface area contributed by atoms with Crippen LogP contribution in [0.4, 0.5) is 11.4 Å². The van der Waals surface area contributed by atoms with Crippen molar-refractivity contribution in [2.45, 2.75) is 35.7 Å². The predicted octanol–water partition coefficient (Wildman–Crippen LogP) is 3.92. The van der Waals surface area contributed by atoms with Crippen molar-refractivity contribution in [2.24, 2.45) is 0 Å². The molecule has 28 heavy (non-hydrogen) atoms. The van der Waals surface area contributed by atoms with Crippen LogP contribution in [0.1, 0.15) is 31.4 Å². The first-order valence-corrected chi connectivity index (χ1v) is 11.7. The van der Waals surface area contributed by atoms with Crippen LogP contribution in [0.2, 0.25) is 0 Å². The van der Waals surface area contributed by atoms with Crippen LogP contribution >= 0.6 is 11.8 Å². The molecule has 0 bridgehead atoms. The van der Waals surface area contributed by atoms with Gasteiger partial charge in [0.2, 0.25) is 10.0 Å². The number of esters is 1. The maximum absolute atomic E-state index is 12.2. The smallest absolute Gasteiger partial charge is 0.307 e. The second-order valence-corrected chi connectivity index (χ2v) is 10.1. The molecule has 148 valence electrons. The van der Waals surface area contributed by atoms with Crippen molar-refractivity contribution < 1.29 is 17.9 Å². The van der Waals surface area contributed by atoms with E-state index < -0.39 is 16.1 Å². The molecule has 1 atom stereocenters. The molecular formula is C20H22N2O4S2. The zero-order chi connectivity index (χ0) is 19.7. The quantitative estimate of drug-likeness (QED) is 0.633. The molecular weight excluding hydrogens is 396 g/mol. The SMILES string of the molecule is C[C@@H](OC(=O)CCN1CCCS1(=O)=O)c1ccc2c(c1)Nc1ccccc1S2. The summed E-state index contributed by atoms with van der Waals surface area (Å²) in [5.74, 6) is -0.221. The van der Waals surface area contributed by atoms with Crippen molar-refractivity contribution in [1.82, 2.24) is 4.31 Å². The Bertz CT molecular complexity index is 1010. The molecule has 4 rings (SSSR count). The van der Waals surface area contributed by atoms with Crippen molar-refractivity contribution >= 4 is 39.1 Å². The number of nitrogens with one attached hydrogen (secondary N) is 1. The van der Waals surface area contributed by atoms with Crippen LogP contribution in [0.5, 0.6) is 0 Å². The van der Waals surface area contributed by atoms with Gasteiger partial charge in [0.25, 0.3) is 0 Å². The number of benzene rings is 2. The lowest BCUT2D eigenvalue weighted by molar-refractivity contribution is -0.148. The van der Waals surface area contributed by atoms with Crippen molar-refractivity contribution in [1.29, 1.82) is 0 Å². The van der Waals surface area contributed by atoms with Crippen molar-refractivity contribution in [3.8, 4) is 0 Å². The van der Waals surface area contributed by atoms with Crippen LogP contribution in [0, 0.1) is 0 Å². The summed E-state index contributed by atoms with van der Waals surface area (Å²) in [6.07, 6.45) is 0.282. The highest BCUT2D eigenvalue weighted by Crippen LogP contribution is 2.44. The lowest BCUT2D eigenvalue weighted by Crippen LogP contribution is -2.28. The fourth-order valence-electron chi connectivity index (χ4n) is 3.39. The van der Waals surface area contributed by atoms with Crippen LogP contribution in [-0.2, 0) is 19.6 Å². The number of nitrogens with zero attached hydrogens (tertiary/aromatic N) is 1. The number of carbonyl (C=O) groups excluding carboxylic acids is 1. The topological polar surface area (TPSA) is 75.7 Å². The summed E-state index contributed by atoms with van der Waals surface area (Å²) >= 11 is 1.71. The molecule has 2 aromatic carbocycles. The van der Waals surface area contributed by atoms with E-state index in [1.165, 1.54) is 9.20 Å². The molecule has 8 heteroatoms. The average Bonchev–Trinajstić information content (AvgIpc) is 3.02. The lowest BCUT2D eigenvalue weighted by Gasteiger charge is -2.22. The first-order valence-electron chi connectivity index (χ1n) is 9.27. The largest absolute Gasteiger partial charge is 0.458 e. The number of hydrogen-bond acceptors (Lipinski definition) is 6. The van der Waals surface area contributed by atoms with Gasteiger partial charge >= 0.3 is 5.97 Å². The van der Waals surface area contributed by atoms with Crippen molar-refractivity contribution in [2.75, 3.05) is 24.2 Å². The highest BCUT2D eigenvalue weighted by Gasteiger charge is 2.28. The number of hydrogen-bond donors (Lipinski definition) is 1. The molecule has 2 heterocycles. The lowest BCUT2D eigenvalue weighted by atomic mass is 10.1. The number of sulfonamides is 1. The number of carbonyl (C=O) groups is 1. The summed E-state index contributed by atoms with van der Waals surface area (Å²) in [4.78, 5) is 14.5. The molecule has 0 radical (unpaired) electrons. The fourth-order valence-corrected chi connectivity index (χ4v) is 5.89. The minimum Gasteiger partial charge on any atom is -0.458 e. The molecule has 0 unspecified atom stereocenters. The minimum atomic E-state index is -3.18. The number of rotatable bonds is 5. The van der Waals surface area contributed by atoms with E-state index in [2.05, 4.69) is 11.4 Å². The molecule has 2 aliphatic heterocycles. The Labute approximate surface area is 169 Å². The Kier molecular flexibility index (Phi) is 5.35. The van der Waals surface area contributed by atoms with Gasteiger partial charge in [-0.2, -0.15) is 0 Å². The summed E-state index contributed by atoms with van der Waals surface area (Å²) < 4.78 is 30.5. The molecule has 2 aliphatic rings. The first-order chi connectivity index (χ1) is 13.4. The van der Waals surface area contributed by atoms with Gasteiger partial charge in [-0.3, -0.25) is 4.79 Å². The fraction of sp³-hybridized carbons (Fsp3) is 0.350. The van der Waals surface area contributed by atoms with E-state index in [0.717, 1.165) is 21.8 Å². The monoisotopic (exact) mass is 418 g/mol. The standard InChI is InChI=1S/C20H22N2O4S2/c1-14(26-20(23)9-11-22-10-4-12-28(22,24)25)15-7-8-19-17(13-15)21-16-5-2-3-6-18(16)27-19/h2-3,5-8,13-14,21H,4,9-12H2,1H3/t14-/m1/s1. The summed E-state index contributed by atoms with van der Waals surface area (Å²) in [5.41, 5.74) is 2.95. The van der Waals surface area contributed by atoms with E-state index in [9.17, 15) is 13.2 Å². The van der Waals surface area contributed by atoms with Crippen molar-refractivity contribution in [3.05, 3.63) is 48.0 Å². The molecule has 6 nitrogen and oxygen atoms in total. The van der Waals surface area contributed by atoms with Gasteiger partial charge in [0.05, 0.1) is 23.5 Å². The van der Waals surface area contributed by atoms with E-state index >= 15 is 0 Å². The number of ether oxygens (including phenoxy) is 1. The second kappa shape index (κ2) is 7.77. The van der Waals surface area contributed by atoms with Crippen LogP contribution in [0.15, 0.2) is 52.3 Å². The third-order valence-corrected chi connectivity index (χ3v) is 8.03. The van der Waals surface area contributed by atoms with Gasteiger partial charge in [0.15, 0.2) is 0 Å². The van der Waals surface area contributed by atoms with E-state index in [1.54, 1.807) is 11.8 Å². The maximum atomic E-state index is 12.2. The van der Waals surface area contributed by atoms with E-state index in [1.807, 2.05) is 43.3 Å². The molecule has 1 saturated heterocycles. The van der Waals surface area contributed by atoms with Crippen molar-refractivity contribution in [3.63, 3.8) is 0 Å². The molecule has 0 amide bonds. The Morgan fingerprint density at radius 3 is 2.79 bits per heavy atom. The Morgan fingerprint density at radius 1 is 1.21 bits per heavy atom. The summed E-state index contributed by atoms with van der Waals surface area (Å²) in [6, 6.07) is 14.1. The molecule has 0 saturated carbocycles. The highest BCUT2D eigenvalue weighted by molar-refractivity contribution is 7.99. The Hall–Kier alpha value is -2.03.